The van der Waals surface area contributed by atoms with E-state index in [1.54, 1.807) is 29.2 Å². The summed E-state index contributed by atoms with van der Waals surface area (Å²) >= 11 is 1.49. The number of anilines is 1. The van der Waals surface area contributed by atoms with Crippen LogP contribution in [-0.4, -0.2) is 67.3 Å². The highest BCUT2D eigenvalue weighted by molar-refractivity contribution is 7.89. The first-order chi connectivity index (χ1) is 16.8. The zero-order valence-electron chi connectivity index (χ0n) is 20.9. The molecule has 35 heavy (non-hydrogen) atoms. The molecule has 1 atom stereocenters. The Hall–Kier alpha value is -2.33. The van der Waals surface area contributed by atoms with Crippen LogP contribution in [0.15, 0.2) is 47.4 Å². The number of nitrogens with zero attached hydrogens (tertiary/aromatic N) is 4. The number of hydrogen-bond donors (Lipinski definition) is 0. The fraction of sp³-hybridized carbons (Fsp3) is 0.462. The minimum absolute atomic E-state index is 0.193. The molecular weight excluding hydrogens is 480 g/mol. The number of sulfonamides is 1. The van der Waals surface area contributed by atoms with Gasteiger partial charge in [0.1, 0.15) is 6.04 Å². The molecule has 1 saturated heterocycles. The molecular formula is C26H34N4O3S2. The lowest BCUT2D eigenvalue weighted by molar-refractivity contribution is -0.121. The average molecular weight is 515 g/mol. The van der Waals surface area contributed by atoms with E-state index in [0.717, 1.165) is 34.4 Å². The van der Waals surface area contributed by atoms with Crippen molar-refractivity contribution in [2.75, 3.05) is 37.6 Å². The molecule has 1 aliphatic heterocycles. The van der Waals surface area contributed by atoms with Gasteiger partial charge < -0.3 is 4.90 Å². The number of aryl methyl sites for hydroxylation is 2. The third kappa shape index (κ3) is 5.28. The zero-order chi connectivity index (χ0) is 25.2. The first-order valence-electron chi connectivity index (χ1n) is 12.2. The number of carbonyl (C=O) groups is 1. The van der Waals surface area contributed by atoms with Gasteiger partial charge in [0.2, 0.25) is 15.9 Å². The van der Waals surface area contributed by atoms with Crippen molar-refractivity contribution in [1.82, 2.24) is 14.2 Å². The molecule has 3 aromatic rings. The quantitative estimate of drug-likeness (QED) is 0.422. The van der Waals surface area contributed by atoms with Gasteiger partial charge in [-0.1, -0.05) is 55.0 Å². The maximum absolute atomic E-state index is 14.0. The number of fused-ring (bicyclic) bond motifs is 1. The molecule has 4 rings (SSSR count). The standard InChI is InChI=1S/C26H34N4O3S2/c1-5-28(6-2)17-18-29(26-27-24-20(4)9-7-11-23(24)34-26)25(31)22-10-8-16-30(22)35(32,33)21-14-12-19(3)13-15-21/h7,9,11-15,22H,5-6,8,10,16-18H2,1-4H3. The van der Waals surface area contributed by atoms with Crippen LogP contribution in [0.2, 0.25) is 0 Å². The number of likely N-dealkylation sites (N-methyl/N-ethyl adjacent to an activating group) is 1. The van der Waals surface area contributed by atoms with E-state index < -0.39 is 16.1 Å². The largest absolute Gasteiger partial charge is 0.302 e. The Morgan fingerprint density at radius 3 is 2.46 bits per heavy atom. The SMILES string of the molecule is CCN(CC)CCN(C(=O)C1CCCN1S(=O)(=O)c1ccc(C)cc1)c1nc2c(C)cccc2s1. The Morgan fingerprint density at radius 1 is 1.09 bits per heavy atom. The van der Waals surface area contributed by atoms with Crippen molar-refractivity contribution >= 4 is 42.6 Å². The molecule has 1 aliphatic rings. The van der Waals surface area contributed by atoms with E-state index in [1.165, 1.54) is 15.6 Å². The molecule has 1 fully saturated rings. The van der Waals surface area contributed by atoms with Crippen molar-refractivity contribution in [3.8, 4) is 0 Å². The number of rotatable bonds is 9. The highest BCUT2D eigenvalue weighted by atomic mass is 32.2. The van der Waals surface area contributed by atoms with Crippen molar-refractivity contribution < 1.29 is 13.2 Å². The third-order valence-electron chi connectivity index (χ3n) is 6.76. The van der Waals surface area contributed by atoms with Crippen LogP contribution in [0.1, 0.15) is 37.8 Å². The van der Waals surface area contributed by atoms with Gasteiger partial charge in [-0.2, -0.15) is 4.31 Å². The van der Waals surface area contributed by atoms with Crippen LogP contribution in [0.25, 0.3) is 10.2 Å². The van der Waals surface area contributed by atoms with E-state index >= 15 is 0 Å². The number of hydrogen-bond acceptors (Lipinski definition) is 6. The molecule has 0 spiro atoms. The summed E-state index contributed by atoms with van der Waals surface area (Å²) in [7, 11) is -3.78. The lowest BCUT2D eigenvalue weighted by Gasteiger charge is -2.30. The van der Waals surface area contributed by atoms with Crippen molar-refractivity contribution in [2.24, 2.45) is 0 Å². The maximum Gasteiger partial charge on any atom is 0.247 e. The predicted octanol–water partition coefficient (Wildman–Crippen LogP) is 4.44. The molecule has 2 heterocycles. The molecule has 9 heteroatoms. The van der Waals surface area contributed by atoms with E-state index in [-0.39, 0.29) is 10.8 Å². The summed E-state index contributed by atoms with van der Waals surface area (Å²) < 4.78 is 29.4. The van der Waals surface area contributed by atoms with Gasteiger partial charge in [-0.05, 0) is 63.5 Å². The lowest BCUT2D eigenvalue weighted by Crippen LogP contribution is -2.49. The van der Waals surface area contributed by atoms with Crippen molar-refractivity contribution in [3.05, 3.63) is 53.6 Å². The number of benzene rings is 2. The van der Waals surface area contributed by atoms with Crippen molar-refractivity contribution in [3.63, 3.8) is 0 Å². The Morgan fingerprint density at radius 2 is 1.80 bits per heavy atom. The second-order valence-corrected chi connectivity index (χ2v) is 11.9. The number of para-hydroxylation sites is 1. The summed E-state index contributed by atoms with van der Waals surface area (Å²) in [6.45, 7) is 11.4. The molecule has 7 nitrogen and oxygen atoms in total. The molecule has 0 bridgehead atoms. The Bertz CT molecular complexity index is 1280. The Kier molecular flexibility index (Phi) is 7.90. The first-order valence-corrected chi connectivity index (χ1v) is 14.5. The molecule has 2 aromatic carbocycles. The molecule has 0 saturated carbocycles. The van der Waals surface area contributed by atoms with E-state index in [1.807, 2.05) is 32.0 Å². The normalized spacial score (nSPS) is 16.9. The minimum atomic E-state index is -3.78. The third-order valence-corrected chi connectivity index (χ3v) is 9.72. The summed E-state index contributed by atoms with van der Waals surface area (Å²) in [6.07, 6.45) is 1.17. The number of carbonyl (C=O) groups excluding carboxylic acids is 1. The predicted molar refractivity (Wildman–Crippen MR) is 143 cm³/mol. The van der Waals surface area contributed by atoms with E-state index in [0.29, 0.717) is 37.6 Å². The van der Waals surface area contributed by atoms with Gasteiger partial charge in [0.15, 0.2) is 5.13 Å². The van der Waals surface area contributed by atoms with Gasteiger partial charge in [0.05, 0.1) is 15.1 Å². The summed E-state index contributed by atoms with van der Waals surface area (Å²) in [5, 5.41) is 0.631. The summed E-state index contributed by atoms with van der Waals surface area (Å²) in [5.74, 6) is -0.193. The van der Waals surface area contributed by atoms with Crippen molar-refractivity contribution in [1.29, 1.82) is 0 Å². The second kappa shape index (κ2) is 10.7. The number of amides is 1. The Balaban J connectivity index is 1.68. The van der Waals surface area contributed by atoms with Gasteiger partial charge >= 0.3 is 0 Å². The number of thiazole rings is 1. The van der Waals surface area contributed by atoms with Crippen LogP contribution in [0.5, 0.6) is 0 Å². The second-order valence-electron chi connectivity index (χ2n) is 9.02. The average Bonchev–Trinajstić information content (AvgIpc) is 3.51. The molecule has 1 unspecified atom stereocenters. The highest BCUT2D eigenvalue weighted by Crippen LogP contribution is 2.33. The van der Waals surface area contributed by atoms with Crippen molar-refractivity contribution in [2.45, 2.75) is 51.5 Å². The first kappa shape index (κ1) is 25.8. The topological polar surface area (TPSA) is 73.8 Å². The van der Waals surface area contributed by atoms with E-state index in [2.05, 4.69) is 18.7 Å². The van der Waals surface area contributed by atoms with Crippen LogP contribution in [-0.2, 0) is 14.8 Å². The summed E-state index contributed by atoms with van der Waals surface area (Å²) in [6, 6.07) is 12.1. The Labute approximate surface area is 212 Å². The smallest absolute Gasteiger partial charge is 0.247 e. The molecule has 0 radical (unpaired) electrons. The fourth-order valence-electron chi connectivity index (χ4n) is 4.57. The summed E-state index contributed by atoms with van der Waals surface area (Å²) in [5.41, 5.74) is 2.95. The molecule has 0 aliphatic carbocycles. The monoisotopic (exact) mass is 514 g/mol. The van der Waals surface area contributed by atoms with Crippen LogP contribution >= 0.6 is 11.3 Å². The van der Waals surface area contributed by atoms with Crippen LogP contribution in [0.3, 0.4) is 0 Å². The molecule has 1 amide bonds. The molecule has 188 valence electrons. The number of aromatic nitrogens is 1. The van der Waals surface area contributed by atoms with Gasteiger partial charge in [-0.15, -0.1) is 0 Å². The van der Waals surface area contributed by atoms with Gasteiger partial charge in [0, 0.05) is 19.6 Å². The van der Waals surface area contributed by atoms with Crippen LogP contribution in [0, 0.1) is 13.8 Å². The molecule has 1 aromatic heterocycles. The highest BCUT2D eigenvalue weighted by Gasteiger charge is 2.42. The summed E-state index contributed by atoms with van der Waals surface area (Å²) in [4.78, 5) is 23.0. The lowest BCUT2D eigenvalue weighted by atomic mass is 10.2. The molecule has 0 N–H and O–H groups in total. The van der Waals surface area contributed by atoms with Gasteiger partial charge in [0.25, 0.3) is 0 Å². The fourth-order valence-corrected chi connectivity index (χ4v) is 7.30. The van der Waals surface area contributed by atoms with Gasteiger partial charge in [-0.3, -0.25) is 9.69 Å². The minimum Gasteiger partial charge on any atom is -0.302 e. The zero-order valence-corrected chi connectivity index (χ0v) is 22.5. The van der Waals surface area contributed by atoms with Gasteiger partial charge in [-0.25, -0.2) is 13.4 Å². The van der Waals surface area contributed by atoms with Crippen LogP contribution in [0.4, 0.5) is 5.13 Å². The maximum atomic E-state index is 14.0. The van der Waals surface area contributed by atoms with Crippen LogP contribution < -0.4 is 4.90 Å². The van der Waals surface area contributed by atoms with E-state index in [4.69, 9.17) is 4.98 Å². The van der Waals surface area contributed by atoms with E-state index in [9.17, 15) is 13.2 Å².